The average molecular weight is 347 g/mol. The molecule has 0 radical (unpaired) electrons. The van der Waals surface area contributed by atoms with Crippen LogP contribution in [0.25, 0.3) is 0 Å². The van der Waals surface area contributed by atoms with Gasteiger partial charge in [-0.25, -0.2) is 4.98 Å². The summed E-state index contributed by atoms with van der Waals surface area (Å²) in [6.07, 6.45) is 4.38. The van der Waals surface area contributed by atoms with E-state index in [-0.39, 0.29) is 5.91 Å². The third kappa shape index (κ3) is 5.30. The van der Waals surface area contributed by atoms with Crippen molar-refractivity contribution in [1.29, 1.82) is 0 Å². The van der Waals surface area contributed by atoms with E-state index in [9.17, 15) is 4.79 Å². The van der Waals surface area contributed by atoms with Crippen molar-refractivity contribution >= 4 is 17.7 Å². The summed E-state index contributed by atoms with van der Waals surface area (Å²) in [7, 11) is 1.92. The quantitative estimate of drug-likeness (QED) is 0.589. The fourth-order valence-electron chi connectivity index (χ4n) is 2.30. The number of rotatable bonds is 8. The largest absolute Gasteiger partial charge is 0.493 e. The number of amides is 1. The first-order valence-corrected chi connectivity index (χ1v) is 9.03. The first-order chi connectivity index (χ1) is 11.5. The zero-order valence-corrected chi connectivity index (χ0v) is 15.6. The number of aromatic nitrogens is 2. The van der Waals surface area contributed by atoms with Gasteiger partial charge in [-0.05, 0) is 49.9 Å². The van der Waals surface area contributed by atoms with Crippen LogP contribution in [0.1, 0.15) is 23.1 Å². The van der Waals surface area contributed by atoms with Gasteiger partial charge in [0.1, 0.15) is 5.75 Å². The smallest absolute Gasteiger partial charge is 0.230 e. The van der Waals surface area contributed by atoms with Crippen LogP contribution in [0.15, 0.2) is 29.7 Å². The van der Waals surface area contributed by atoms with Crippen molar-refractivity contribution in [2.75, 3.05) is 18.9 Å². The minimum atomic E-state index is 0.0191. The zero-order chi connectivity index (χ0) is 17.5. The summed E-state index contributed by atoms with van der Waals surface area (Å²) in [5, 5.41) is 3.76. The van der Waals surface area contributed by atoms with Crippen molar-refractivity contribution < 1.29 is 9.53 Å². The third-order valence-corrected chi connectivity index (χ3v) is 4.83. The van der Waals surface area contributed by atoms with Crippen molar-refractivity contribution in [3.8, 4) is 5.75 Å². The number of nitrogens with zero attached hydrogens (tertiary/aromatic N) is 2. The molecule has 1 aromatic heterocycles. The third-order valence-electron chi connectivity index (χ3n) is 3.77. The monoisotopic (exact) mass is 347 g/mol. The van der Waals surface area contributed by atoms with Gasteiger partial charge in [-0.15, -0.1) is 0 Å². The number of carbonyl (C=O) groups is 1. The lowest BCUT2D eigenvalue weighted by Crippen LogP contribution is -2.27. The van der Waals surface area contributed by atoms with E-state index in [0.717, 1.165) is 17.3 Å². The average Bonchev–Trinajstić information content (AvgIpc) is 2.94. The molecule has 0 aliphatic heterocycles. The summed E-state index contributed by atoms with van der Waals surface area (Å²) in [4.78, 5) is 16.0. The number of benzene rings is 1. The lowest BCUT2D eigenvalue weighted by molar-refractivity contribution is -0.118. The van der Waals surface area contributed by atoms with Crippen molar-refractivity contribution in [2.24, 2.45) is 7.05 Å². The predicted octanol–water partition coefficient (Wildman–Crippen LogP) is 3.02. The van der Waals surface area contributed by atoms with E-state index in [1.54, 1.807) is 6.20 Å². The fourth-order valence-corrected chi connectivity index (χ4v) is 3.07. The second-order valence-corrected chi connectivity index (χ2v) is 6.81. The Bertz CT molecular complexity index is 698. The molecule has 5 nitrogen and oxygen atoms in total. The van der Waals surface area contributed by atoms with Crippen LogP contribution in [-0.4, -0.2) is 34.4 Å². The molecule has 0 bridgehead atoms. The molecule has 0 unspecified atom stereocenters. The zero-order valence-electron chi connectivity index (χ0n) is 14.8. The number of imidazole rings is 1. The van der Waals surface area contributed by atoms with Crippen LogP contribution in [0, 0.1) is 20.8 Å². The Morgan fingerprint density at radius 1 is 1.33 bits per heavy atom. The lowest BCUT2D eigenvalue weighted by atomic mass is 10.1. The molecule has 2 rings (SSSR count). The normalized spacial score (nSPS) is 10.7. The Kier molecular flexibility index (Phi) is 6.73. The molecule has 0 aliphatic carbocycles. The molecule has 0 atom stereocenters. The first kappa shape index (κ1) is 18.4. The number of aryl methyl sites for hydroxylation is 3. The molecule has 0 fully saturated rings. The van der Waals surface area contributed by atoms with Gasteiger partial charge in [0.25, 0.3) is 0 Å². The predicted molar refractivity (Wildman–Crippen MR) is 97.7 cm³/mol. The first-order valence-electron chi connectivity index (χ1n) is 8.05. The van der Waals surface area contributed by atoms with Crippen molar-refractivity contribution in [2.45, 2.75) is 32.3 Å². The van der Waals surface area contributed by atoms with Gasteiger partial charge >= 0.3 is 0 Å². The molecule has 1 aromatic carbocycles. The highest BCUT2D eigenvalue weighted by Gasteiger charge is 2.06. The second kappa shape index (κ2) is 8.78. The van der Waals surface area contributed by atoms with Crippen LogP contribution in [-0.2, 0) is 11.8 Å². The van der Waals surface area contributed by atoms with Gasteiger partial charge in [0.2, 0.25) is 5.91 Å². The van der Waals surface area contributed by atoms with Crippen molar-refractivity contribution in [3.05, 3.63) is 41.2 Å². The number of thioether (sulfide) groups is 1. The Morgan fingerprint density at radius 3 is 2.83 bits per heavy atom. The number of ether oxygens (including phenoxy) is 1. The summed E-state index contributed by atoms with van der Waals surface area (Å²) < 4.78 is 7.75. The van der Waals surface area contributed by atoms with Gasteiger partial charge in [0.05, 0.1) is 12.4 Å². The van der Waals surface area contributed by atoms with Gasteiger partial charge in [-0.1, -0.05) is 17.8 Å². The number of carbonyl (C=O) groups excluding carboxylic acids is 1. The second-order valence-electron chi connectivity index (χ2n) is 5.87. The van der Waals surface area contributed by atoms with Crippen molar-refractivity contribution in [1.82, 2.24) is 14.9 Å². The van der Waals surface area contributed by atoms with Crippen LogP contribution in [0.4, 0.5) is 0 Å². The molecule has 0 spiro atoms. The maximum absolute atomic E-state index is 11.8. The Hall–Kier alpha value is -1.95. The van der Waals surface area contributed by atoms with E-state index in [2.05, 4.69) is 43.2 Å². The van der Waals surface area contributed by atoms with E-state index in [1.807, 2.05) is 17.8 Å². The van der Waals surface area contributed by atoms with Crippen LogP contribution < -0.4 is 10.1 Å². The highest BCUT2D eigenvalue weighted by Crippen LogP contribution is 2.23. The van der Waals surface area contributed by atoms with Crippen LogP contribution >= 0.6 is 11.8 Å². The van der Waals surface area contributed by atoms with Gasteiger partial charge in [-0.2, -0.15) is 0 Å². The van der Waals surface area contributed by atoms with Crippen LogP contribution in [0.3, 0.4) is 0 Å². The molecule has 2 aromatic rings. The summed E-state index contributed by atoms with van der Waals surface area (Å²) in [6, 6.07) is 4.21. The number of nitrogens with one attached hydrogen (secondary N) is 1. The summed E-state index contributed by atoms with van der Waals surface area (Å²) >= 11 is 1.44. The van der Waals surface area contributed by atoms with Gasteiger partial charge in [0.15, 0.2) is 5.16 Å². The number of hydrogen-bond donors (Lipinski definition) is 1. The van der Waals surface area contributed by atoms with E-state index < -0.39 is 0 Å². The molecule has 1 heterocycles. The molecule has 1 amide bonds. The Balaban J connectivity index is 1.64. The molecule has 0 saturated heterocycles. The standard InChI is InChI=1S/C18H25N3O2S/c1-13-10-14(2)15(3)16(11-13)23-9-5-6-19-17(22)12-24-18-20-7-8-21(18)4/h7-8,10-11H,5-6,9,12H2,1-4H3,(H,19,22). The molecule has 0 aliphatic rings. The number of hydrogen-bond acceptors (Lipinski definition) is 4. The topological polar surface area (TPSA) is 56.1 Å². The SMILES string of the molecule is Cc1cc(C)c(C)c(OCCCNC(=O)CSc2nccn2C)c1. The Morgan fingerprint density at radius 2 is 2.12 bits per heavy atom. The highest BCUT2D eigenvalue weighted by molar-refractivity contribution is 7.99. The van der Waals surface area contributed by atoms with E-state index in [1.165, 1.54) is 28.5 Å². The summed E-state index contributed by atoms with van der Waals surface area (Å²) in [6.45, 7) is 7.44. The molecule has 130 valence electrons. The molecule has 24 heavy (non-hydrogen) atoms. The van der Waals surface area contributed by atoms with E-state index in [4.69, 9.17) is 4.74 Å². The van der Waals surface area contributed by atoms with Gasteiger partial charge in [0, 0.05) is 26.0 Å². The molecule has 0 saturated carbocycles. The van der Waals surface area contributed by atoms with E-state index in [0.29, 0.717) is 18.9 Å². The highest BCUT2D eigenvalue weighted by atomic mass is 32.2. The van der Waals surface area contributed by atoms with Gasteiger partial charge in [-0.3, -0.25) is 4.79 Å². The van der Waals surface area contributed by atoms with Crippen LogP contribution in [0.5, 0.6) is 5.75 Å². The van der Waals surface area contributed by atoms with Gasteiger partial charge < -0.3 is 14.6 Å². The minimum Gasteiger partial charge on any atom is -0.493 e. The maximum Gasteiger partial charge on any atom is 0.230 e. The molecule has 1 N–H and O–H groups in total. The lowest BCUT2D eigenvalue weighted by Gasteiger charge is -2.12. The Labute approximate surface area is 147 Å². The summed E-state index contributed by atoms with van der Waals surface area (Å²) in [5.41, 5.74) is 3.62. The molecular weight excluding hydrogens is 322 g/mol. The van der Waals surface area contributed by atoms with Crippen LogP contribution in [0.2, 0.25) is 0 Å². The summed E-state index contributed by atoms with van der Waals surface area (Å²) in [5.74, 6) is 1.33. The van der Waals surface area contributed by atoms with Crippen molar-refractivity contribution in [3.63, 3.8) is 0 Å². The minimum absolute atomic E-state index is 0.0191. The van der Waals surface area contributed by atoms with E-state index >= 15 is 0 Å². The maximum atomic E-state index is 11.8. The molecule has 6 heteroatoms. The fraction of sp³-hybridized carbons (Fsp3) is 0.444. The molecular formula is C18H25N3O2S.